The summed E-state index contributed by atoms with van der Waals surface area (Å²) in [5, 5.41) is 12.8. The Morgan fingerprint density at radius 2 is 1.89 bits per heavy atom. The zero-order valence-electron chi connectivity index (χ0n) is 20.7. The van der Waals surface area contributed by atoms with Crippen LogP contribution in [0.1, 0.15) is 48.6 Å². The van der Waals surface area contributed by atoms with Crippen molar-refractivity contribution in [3.8, 4) is 28.8 Å². The molecule has 6 nitrogen and oxygen atoms in total. The number of rotatable bonds is 11. The van der Waals surface area contributed by atoms with Gasteiger partial charge in [-0.3, -0.25) is 10.1 Å². The van der Waals surface area contributed by atoms with Crippen molar-refractivity contribution in [2.75, 3.05) is 19.0 Å². The first-order chi connectivity index (χ1) is 16.9. The molecule has 3 aromatic rings. The van der Waals surface area contributed by atoms with Crippen LogP contribution in [0.3, 0.4) is 0 Å². The Labute approximate surface area is 211 Å². The first kappa shape index (κ1) is 26.0. The number of anilines is 1. The second-order valence-electron chi connectivity index (χ2n) is 8.23. The molecule has 0 unspecified atom stereocenters. The molecular formula is C28H31N3O3S. The van der Waals surface area contributed by atoms with Gasteiger partial charge in [0.15, 0.2) is 16.6 Å². The molecule has 1 amide bonds. The summed E-state index contributed by atoms with van der Waals surface area (Å²) in [6.45, 7) is 6.79. The standard InChI is InChI=1S/C28H31N3O3S/c1-5-6-7-8-15-34-24-14-11-21(17-25(24)33-4)16-23(18-29)27(32)31-28-30-26(20(3)35-28)22-12-9-19(2)10-13-22/h9-14,16-17H,5-8,15H2,1-4H3,(H,30,31,32)/b23-16+. The van der Waals surface area contributed by atoms with Gasteiger partial charge < -0.3 is 9.47 Å². The van der Waals surface area contributed by atoms with Gasteiger partial charge in [-0.25, -0.2) is 4.98 Å². The van der Waals surface area contributed by atoms with Crippen LogP contribution in [0.25, 0.3) is 17.3 Å². The maximum atomic E-state index is 12.8. The van der Waals surface area contributed by atoms with Crippen LogP contribution in [-0.4, -0.2) is 24.6 Å². The van der Waals surface area contributed by atoms with Crippen LogP contribution in [0.2, 0.25) is 0 Å². The topological polar surface area (TPSA) is 84.2 Å². The summed E-state index contributed by atoms with van der Waals surface area (Å²) in [6, 6.07) is 15.4. The molecule has 3 rings (SSSR count). The van der Waals surface area contributed by atoms with Gasteiger partial charge >= 0.3 is 0 Å². The predicted molar refractivity (Wildman–Crippen MR) is 142 cm³/mol. The lowest BCUT2D eigenvalue weighted by atomic mass is 10.1. The lowest BCUT2D eigenvalue weighted by Crippen LogP contribution is -2.13. The molecule has 182 valence electrons. The van der Waals surface area contributed by atoms with Crippen LogP contribution in [-0.2, 0) is 4.79 Å². The molecule has 1 aromatic heterocycles. The normalized spacial score (nSPS) is 11.1. The van der Waals surface area contributed by atoms with E-state index in [0.29, 0.717) is 28.8 Å². The van der Waals surface area contributed by atoms with E-state index < -0.39 is 5.91 Å². The summed E-state index contributed by atoms with van der Waals surface area (Å²) in [4.78, 5) is 18.4. The SMILES string of the molecule is CCCCCCOc1ccc(/C=C(\C#N)C(=O)Nc2nc(-c3ccc(C)cc3)c(C)s2)cc1OC. The highest BCUT2D eigenvalue weighted by Gasteiger charge is 2.15. The number of hydrogen-bond donors (Lipinski definition) is 1. The van der Waals surface area contributed by atoms with Gasteiger partial charge in [-0.05, 0) is 44.0 Å². The Balaban J connectivity index is 1.71. The Hall–Kier alpha value is -3.63. The first-order valence-corrected chi connectivity index (χ1v) is 12.5. The molecule has 0 radical (unpaired) electrons. The zero-order valence-corrected chi connectivity index (χ0v) is 21.5. The van der Waals surface area contributed by atoms with Gasteiger partial charge in [0.05, 0.1) is 19.4 Å². The van der Waals surface area contributed by atoms with Crippen LogP contribution in [0.15, 0.2) is 48.0 Å². The van der Waals surface area contributed by atoms with Crippen molar-refractivity contribution in [2.45, 2.75) is 46.5 Å². The summed E-state index contributed by atoms with van der Waals surface area (Å²) in [6.07, 6.45) is 6.02. The number of nitrogens with one attached hydrogen (secondary N) is 1. The fourth-order valence-electron chi connectivity index (χ4n) is 3.51. The van der Waals surface area contributed by atoms with Gasteiger partial charge in [-0.15, -0.1) is 11.3 Å². The highest BCUT2D eigenvalue weighted by molar-refractivity contribution is 7.16. The van der Waals surface area contributed by atoms with Crippen molar-refractivity contribution in [3.05, 3.63) is 64.0 Å². The molecule has 0 bridgehead atoms. The number of ether oxygens (including phenoxy) is 2. The van der Waals surface area contributed by atoms with Crippen molar-refractivity contribution in [1.29, 1.82) is 5.26 Å². The van der Waals surface area contributed by atoms with Crippen LogP contribution < -0.4 is 14.8 Å². The molecular weight excluding hydrogens is 458 g/mol. The fourth-order valence-corrected chi connectivity index (χ4v) is 4.34. The molecule has 0 atom stereocenters. The molecule has 2 aromatic carbocycles. The number of thiazole rings is 1. The Morgan fingerprint density at radius 1 is 1.11 bits per heavy atom. The summed E-state index contributed by atoms with van der Waals surface area (Å²) in [5.74, 6) is 0.697. The van der Waals surface area contributed by atoms with Gasteiger partial charge in [-0.2, -0.15) is 5.26 Å². The minimum Gasteiger partial charge on any atom is -0.493 e. The first-order valence-electron chi connectivity index (χ1n) is 11.7. The largest absolute Gasteiger partial charge is 0.493 e. The number of amides is 1. The van der Waals surface area contributed by atoms with Crippen molar-refractivity contribution >= 4 is 28.5 Å². The summed E-state index contributed by atoms with van der Waals surface area (Å²) >= 11 is 1.38. The van der Waals surface area contributed by atoms with Crippen molar-refractivity contribution < 1.29 is 14.3 Å². The van der Waals surface area contributed by atoms with E-state index in [9.17, 15) is 10.1 Å². The maximum absolute atomic E-state index is 12.8. The van der Waals surface area contributed by atoms with Crippen LogP contribution >= 0.6 is 11.3 Å². The third-order valence-electron chi connectivity index (χ3n) is 5.46. The molecule has 0 aliphatic rings. The number of methoxy groups -OCH3 is 1. The van der Waals surface area contributed by atoms with E-state index in [1.807, 2.05) is 44.2 Å². The van der Waals surface area contributed by atoms with E-state index in [2.05, 4.69) is 17.2 Å². The molecule has 35 heavy (non-hydrogen) atoms. The highest BCUT2D eigenvalue weighted by atomic mass is 32.1. The van der Waals surface area contributed by atoms with E-state index in [0.717, 1.165) is 29.0 Å². The van der Waals surface area contributed by atoms with Crippen molar-refractivity contribution in [1.82, 2.24) is 4.98 Å². The Bertz CT molecular complexity index is 1220. The summed E-state index contributed by atoms with van der Waals surface area (Å²) in [5.41, 5.74) is 3.62. The zero-order chi connectivity index (χ0) is 25.2. The van der Waals surface area contributed by atoms with E-state index in [1.165, 1.54) is 35.8 Å². The molecule has 0 saturated carbocycles. The van der Waals surface area contributed by atoms with Crippen molar-refractivity contribution in [2.24, 2.45) is 0 Å². The number of carbonyl (C=O) groups is 1. The molecule has 0 aliphatic carbocycles. The number of aryl methyl sites for hydroxylation is 2. The molecule has 1 N–H and O–H groups in total. The number of unbranched alkanes of at least 4 members (excludes halogenated alkanes) is 3. The lowest BCUT2D eigenvalue weighted by molar-refractivity contribution is -0.112. The average molecular weight is 490 g/mol. The van der Waals surface area contributed by atoms with Crippen LogP contribution in [0.4, 0.5) is 5.13 Å². The second-order valence-corrected chi connectivity index (χ2v) is 9.44. The predicted octanol–water partition coefficient (Wildman–Crippen LogP) is 6.94. The molecule has 7 heteroatoms. The van der Waals surface area contributed by atoms with Gasteiger partial charge in [0, 0.05) is 10.4 Å². The Kier molecular flexibility index (Phi) is 9.45. The summed E-state index contributed by atoms with van der Waals surface area (Å²) in [7, 11) is 1.57. The van der Waals surface area contributed by atoms with Gasteiger partial charge in [0.25, 0.3) is 5.91 Å². The third-order valence-corrected chi connectivity index (χ3v) is 6.35. The maximum Gasteiger partial charge on any atom is 0.268 e. The molecule has 0 aliphatic heterocycles. The van der Waals surface area contributed by atoms with Crippen LogP contribution in [0, 0.1) is 25.2 Å². The molecule has 0 spiro atoms. The van der Waals surface area contributed by atoms with E-state index in [-0.39, 0.29) is 5.57 Å². The third kappa shape index (κ3) is 7.17. The van der Waals surface area contributed by atoms with E-state index in [1.54, 1.807) is 25.3 Å². The van der Waals surface area contributed by atoms with Gasteiger partial charge in [0.1, 0.15) is 11.6 Å². The fraction of sp³-hybridized carbons (Fsp3) is 0.321. The minimum absolute atomic E-state index is 0.0231. The number of nitrogens with zero attached hydrogens (tertiary/aromatic N) is 2. The van der Waals surface area contributed by atoms with Gasteiger partial charge in [-0.1, -0.05) is 62.1 Å². The number of hydrogen-bond acceptors (Lipinski definition) is 6. The lowest BCUT2D eigenvalue weighted by Gasteiger charge is -2.11. The summed E-state index contributed by atoms with van der Waals surface area (Å²) < 4.78 is 11.3. The number of nitriles is 1. The quantitative estimate of drug-likeness (QED) is 0.179. The highest BCUT2D eigenvalue weighted by Crippen LogP contribution is 2.31. The average Bonchev–Trinajstić information content (AvgIpc) is 3.22. The Morgan fingerprint density at radius 3 is 2.57 bits per heavy atom. The van der Waals surface area contributed by atoms with Crippen LogP contribution in [0.5, 0.6) is 11.5 Å². The van der Waals surface area contributed by atoms with Crippen molar-refractivity contribution in [3.63, 3.8) is 0 Å². The number of carbonyl (C=O) groups excluding carboxylic acids is 1. The molecule has 0 fully saturated rings. The molecule has 1 heterocycles. The molecule has 0 saturated heterocycles. The van der Waals surface area contributed by atoms with E-state index >= 15 is 0 Å². The second kappa shape index (κ2) is 12.7. The minimum atomic E-state index is -0.507. The van der Waals surface area contributed by atoms with Gasteiger partial charge in [0.2, 0.25) is 0 Å². The number of benzene rings is 2. The number of aromatic nitrogens is 1. The smallest absolute Gasteiger partial charge is 0.268 e. The van der Waals surface area contributed by atoms with E-state index in [4.69, 9.17) is 9.47 Å². The monoisotopic (exact) mass is 489 g/mol.